The van der Waals surface area contributed by atoms with E-state index in [4.69, 9.17) is 6.42 Å². The molecule has 1 aromatic carbocycles. The minimum Gasteiger partial charge on any atom is -0.343 e. The van der Waals surface area contributed by atoms with Crippen molar-refractivity contribution in [3.63, 3.8) is 0 Å². The third-order valence-corrected chi connectivity index (χ3v) is 2.97. The van der Waals surface area contributed by atoms with Crippen molar-refractivity contribution in [3.05, 3.63) is 30.3 Å². The van der Waals surface area contributed by atoms with Gasteiger partial charge in [-0.15, -0.1) is 16.6 Å². The highest BCUT2D eigenvalue weighted by Crippen LogP contribution is 2.18. The van der Waals surface area contributed by atoms with E-state index >= 15 is 0 Å². The molecule has 1 atom stereocenters. The van der Waals surface area contributed by atoms with Crippen LogP contribution in [0.25, 0.3) is 11.4 Å². The lowest BCUT2D eigenvalue weighted by Gasteiger charge is -2.17. The predicted octanol–water partition coefficient (Wildman–Crippen LogP) is 1.29. The van der Waals surface area contributed by atoms with Gasteiger partial charge in [0.15, 0.2) is 6.04 Å². The maximum atomic E-state index is 12.2. The molecule has 1 aromatic heterocycles. The topological polar surface area (TPSA) is 72.7 Å². The van der Waals surface area contributed by atoms with Crippen LogP contribution < -0.4 is 5.32 Å². The van der Waals surface area contributed by atoms with E-state index in [1.807, 2.05) is 44.2 Å². The van der Waals surface area contributed by atoms with E-state index in [1.54, 1.807) is 0 Å². The summed E-state index contributed by atoms with van der Waals surface area (Å²) in [5, 5.41) is 15.0. The van der Waals surface area contributed by atoms with Crippen molar-refractivity contribution in [2.45, 2.75) is 19.9 Å². The molecule has 1 heterocycles. The number of rotatable bonds is 5. The zero-order chi connectivity index (χ0) is 15.2. The third-order valence-electron chi connectivity index (χ3n) is 2.97. The van der Waals surface area contributed by atoms with Gasteiger partial charge < -0.3 is 5.32 Å². The quantitative estimate of drug-likeness (QED) is 0.839. The number of benzene rings is 1. The Morgan fingerprint density at radius 2 is 2.10 bits per heavy atom. The maximum Gasteiger partial charge on any atom is 0.247 e. The number of carbonyl (C=O) groups is 1. The summed E-state index contributed by atoms with van der Waals surface area (Å²) in [5.74, 6) is 2.68. The fraction of sp³-hybridized carbons (Fsp3) is 0.333. The van der Waals surface area contributed by atoms with Crippen LogP contribution in [0, 0.1) is 18.3 Å². The number of amides is 1. The summed E-state index contributed by atoms with van der Waals surface area (Å²) in [6, 6.07) is 8.96. The monoisotopic (exact) mass is 283 g/mol. The Labute approximate surface area is 123 Å². The Bertz CT molecular complexity index is 642. The van der Waals surface area contributed by atoms with Crippen LogP contribution in [0.2, 0.25) is 0 Å². The average Bonchev–Trinajstić information content (AvgIpc) is 2.95. The van der Waals surface area contributed by atoms with Crippen molar-refractivity contribution >= 4 is 5.91 Å². The Kier molecular flexibility index (Phi) is 4.67. The first-order chi connectivity index (χ1) is 10.1. The molecule has 0 fully saturated rings. The number of aromatic nitrogens is 4. The molecule has 0 radical (unpaired) electrons. The molecular formula is C15H17N5O. The van der Waals surface area contributed by atoms with E-state index in [9.17, 15) is 4.79 Å². The first-order valence-corrected chi connectivity index (χ1v) is 6.69. The molecule has 0 bridgehead atoms. The maximum absolute atomic E-state index is 12.2. The average molecular weight is 283 g/mol. The van der Waals surface area contributed by atoms with Crippen molar-refractivity contribution in [2.75, 3.05) is 6.54 Å². The molecule has 1 amide bonds. The second kappa shape index (κ2) is 6.66. The highest BCUT2D eigenvalue weighted by molar-refractivity contribution is 5.80. The summed E-state index contributed by atoms with van der Waals surface area (Å²) in [6.45, 7) is 4.03. The Morgan fingerprint density at radius 3 is 2.71 bits per heavy atom. The van der Waals surface area contributed by atoms with E-state index in [-0.39, 0.29) is 18.4 Å². The highest BCUT2D eigenvalue weighted by atomic mass is 16.2. The molecular weight excluding hydrogens is 266 g/mol. The van der Waals surface area contributed by atoms with Crippen molar-refractivity contribution in [1.29, 1.82) is 0 Å². The molecule has 0 aliphatic rings. The van der Waals surface area contributed by atoms with Gasteiger partial charge in [0.25, 0.3) is 0 Å². The van der Waals surface area contributed by atoms with E-state index in [0.29, 0.717) is 5.82 Å². The normalized spacial score (nSPS) is 11.9. The van der Waals surface area contributed by atoms with Crippen LogP contribution in [-0.4, -0.2) is 32.7 Å². The largest absolute Gasteiger partial charge is 0.343 e. The highest BCUT2D eigenvalue weighted by Gasteiger charge is 2.26. The molecule has 0 saturated carbocycles. The van der Waals surface area contributed by atoms with Gasteiger partial charge >= 0.3 is 0 Å². The van der Waals surface area contributed by atoms with Crippen molar-refractivity contribution in [2.24, 2.45) is 5.92 Å². The molecule has 2 aromatic rings. The summed E-state index contributed by atoms with van der Waals surface area (Å²) >= 11 is 0. The summed E-state index contributed by atoms with van der Waals surface area (Å²) < 4.78 is 0. The van der Waals surface area contributed by atoms with E-state index in [0.717, 1.165) is 5.56 Å². The molecule has 6 heteroatoms. The molecule has 0 spiro atoms. The number of hydrogen-bond acceptors (Lipinski definition) is 4. The van der Waals surface area contributed by atoms with Gasteiger partial charge in [-0.05, 0) is 11.1 Å². The first-order valence-electron chi connectivity index (χ1n) is 6.69. The van der Waals surface area contributed by atoms with Gasteiger partial charge in [-0.2, -0.15) is 4.80 Å². The fourth-order valence-electron chi connectivity index (χ4n) is 1.96. The van der Waals surface area contributed by atoms with Gasteiger partial charge in [0.2, 0.25) is 11.7 Å². The summed E-state index contributed by atoms with van der Waals surface area (Å²) in [4.78, 5) is 13.5. The number of nitrogens with one attached hydrogen (secondary N) is 1. The molecule has 108 valence electrons. The molecule has 21 heavy (non-hydrogen) atoms. The lowest BCUT2D eigenvalue weighted by atomic mass is 10.0. The van der Waals surface area contributed by atoms with Crippen molar-refractivity contribution < 1.29 is 4.79 Å². The third kappa shape index (κ3) is 3.45. The van der Waals surface area contributed by atoms with Crippen LogP contribution in [0.5, 0.6) is 0 Å². The van der Waals surface area contributed by atoms with Gasteiger partial charge in [0.1, 0.15) is 0 Å². The summed E-state index contributed by atoms with van der Waals surface area (Å²) in [6.07, 6.45) is 5.16. The summed E-state index contributed by atoms with van der Waals surface area (Å²) in [5.41, 5.74) is 0.857. The van der Waals surface area contributed by atoms with E-state index in [2.05, 4.69) is 26.6 Å². The smallest absolute Gasteiger partial charge is 0.247 e. The first kappa shape index (κ1) is 14.7. The van der Waals surface area contributed by atoms with Crippen LogP contribution >= 0.6 is 0 Å². The molecule has 0 aliphatic heterocycles. The zero-order valence-electron chi connectivity index (χ0n) is 12.0. The molecule has 0 saturated heterocycles. The van der Waals surface area contributed by atoms with Gasteiger partial charge in [-0.1, -0.05) is 50.1 Å². The van der Waals surface area contributed by atoms with Crippen molar-refractivity contribution in [3.8, 4) is 23.7 Å². The minimum absolute atomic E-state index is 0.0144. The predicted molar refractivity (Wildman–Crippen MR) is 79.0 cm³/mol. The second-order valence-electron chi connectivity index (χ2n) is 4.91. The number of hydrogen-bond donors (Lipinski definition) is 1. The number of tetrazole rings is 1. The van der Waals surface area contributed by atoms with Crippen LogP contribution in [0.15, 0.2) is 30.3 Å². The number of carbonyl (C=O) groups excluding carboxylic acids is 1. The Morgan fingerprint density at radius 1 is 1.38 bits per heavy atom. The van der Waals surface area contributed by atoms with Crippen LogP contribution in [0.1, 0.15) is 19.9 Å². The zero-order valence-corrected chi connectivity index (χ0v) is 12.0. The molecule has 6 nitrogen and oxygen atoms in total. The number of terminal acetylenes is 1. The van der Waals surface area contributed by atoms with E-state index in [1.165, 1.54) is 4.80 Å². The van der Waals surface area contributed by atoms with Gasteiger partial charge in [0.05, 0.1) is 6.54 Å². The number of nitrogens with zero attached hydrogens (tertiary/aromatic N) is 4. The molecule has 2 rings (SSSR count). The lowest BCUT2D eigenvalue weighted by Crippen LogP contribution is -2.36. The SMILES string of the molecule is C#CCNC(=O)C(C(C)C)n1nnc(-c2ccccc2)n1. The fourth-order valence-corrected chi connectivity index (χ4v) is 1.96. The van der Waals surface area contributed by atoms with Gasteiger partial charge in [-0.25, -0.2) is 0 Å². The minimum atomic E-state index is -0.539. The van der Waals surface area contributed by atoms with Gasteiger partial charge in [-0.3, -0.25) is 4.79 Å². The van der Waals surface area contributed by atoms with Crippen molar-refractivity contribution in [1.82, 2.24) is 25.5 Å². The van der Waals surface area contributed by atoms with Crippen LogP contribution in [0.3, 0.4) is 0 Å². The molecule has 1 N–H and O–H groups in total. The van der Waals surface area contributed by atoms with Crippen LogP contribution in [-0.2, 0) is 4.79 Å². The Hall–Kier alpha value is -2.68. The van der Waals surface area contributed by atoms with Gasteiger partial charge in [0, 0.05) is 5.56 Å². The van der Waals surface area contributed by atoms with Crippen LogP contribution in [0.4, 0.5) is 0 Å². The van der Waals surface area contributed by atoms with E-state index < -0.39 is 6.04 Å². The molecule has 0 aliphatic carbocycles. The second-order valence-corrected chi connectivity index (χ2v) is 4.91. The summed E-state index contributed by atoms with van der Waals surface area (Å²) in [7, 11) is 0. The standard InChI is InChI=1S/C15H17N5O/c1-4-10-16-15(21)13(11(2)3)20-18-14(17-19-20)12-8-6-5-7-9-12/h1,5-9,11,13H,10H2,2-3H3,(H,16,21). The molecule has 1 unspecified atom stereocenters. The Balaban J connectivity index is 2.25. The lowest BCUT2D eigenvalue weighted by molar-refractivity contribution is -0.126.